The van der Waals surface area contributed by atoms with Gasteiger partial charge in [0.15, 0.2) is 0 Å². The van der Waals surface area contributed by atoms with E-state index < -0.39 is 8.38 Å². The monoisotopic (exact) mass is 198 g/mol. The van der Waals surface area contributed by atoms with E-state index in [1.54, 1.807) is 0 Å². The minimum Gasteiger partial charge on any atom is -0.447 e. The maximum Gasteiger partial charge on any atom is 0.227 e. The molecule has 1 aliphatic heterocycles. The number of rotatable bonds is 0. The van der Waals surface area contributed by atoms with Gasteiger partial charge >= 0.3 is 0 Å². The third kappa shape index (κ3) is 2.68. The largest absolute Gasteiger partial charge is 0.447 e. The van der Waals surface area contributed by atoms with Gasteiger partial charge in [-0.3, -0.25) is 0 Å². The summed E-state index contributed by atoms with van der Waals surface area (Å²) in [6.07, 6.45) is 0. The van der Waals surface area contributed by atoms with E-state index in [0.29, 0.717) is 6.61 Å². The molecule has 1 aromatic carbocycles. The number of benzene rings is 1. The Labute approximate surface area is 80.8 Å². The highest BCUT2D eigenvalue weighted by Gasteiger charge is 2.15. The maximum atomic E-state index is 5.47. The molecule has 13 heavy (non-hydrogen) atoms. The summed E-state index contributed by atoms with van der Waals surface area (Å²) in [6.45, 7) is 6.66. The normalized spacial score (nSPS) is 19.2. The molecule has 0 bridgehead atoms. The van der Waals surface area contributed by atoms with Crippen LogP contribution in [0.4, 0.5) is 0 Å². The summed E-state index contributed by atoms with van der Waals surface area (Å²) >= 11 is 0. The molecule has 0 fully saturated rings. The van der Waals surface area contributed by atoms with Crippen LogP contribution in [0.5, 0.6) is 5.75 Å². The van der Waals surface area contributed by atoms with Gasteiger partial charge in [-0.25, -0.2) is 0 Å². The van der Waals surface area contributed by atoms with E-state index in [1.165, 1.54) is 0 Å². The van der Waals surface area contributed by atoms with Crippen LogP contribution in [0.25, 0.3) is 0 Å². The highest BCUT2D eigenvalue weighted by atomic mass is 31.2. The van der Waals surface area contributed by atoms with Gasteiger partial charge in [0.2, 0.25) is 8.38 Å². The van der Waals surface area contributed by atoms with Crippen molar-refractivity contribution < 1.29 is 9.05 Å². The average molecular weight is 198 g/mol. The zero-order valence-corrected chi connectivity index (χ0v) is 9.17. The van der Waals surface area contributed by atoms with Crippen molar-refractivity contribution in [1.29, 1.82) is 0 Å². The molecule has 0 saturated heterocycles. The van der Waals surface area contributed by atoms with E-state index >= 15 is 0 Å². The minimum atomic E-state index is -0.678. The van der Waals surface area contributed by atoms with Crippen molar-refractivity contribution in [2.45, 2.75) is 20.5 Å². The van der Waals surface area contributed by atoms with Crippen LogP contribution in [0.1, 0.15) is 19.4 Å². The van der Waals surface area contributed by atoms with Crippen LogP contribution < -0.4 is 4.52 Å². The van der Waals surface area contributed by atoms with E-state index in [2.05, 4.69) is 0 Å². The second kappa shape index (κ2) is 5.21. The van der Waals surface area contributed by atoms with Crippen LogP contribution >= 0.6 is 8.38 Å². The van der Waals surface area contributed by atoms with Crippen LogP contribution in [0.3, 0.4) is 0 Å². The van der Waals surface area contributed by atoms with Crippen LogP contribution in [0.2, 0.25) is 0 Å². The van der Waals surface area contributed by atoms with Crippen molar-refractivity contribution in [2.75, 3.05) is 6.66 Å². The Hall–Kier alpha value is -0.590. The SMILES string of the molecule is CC.CP1OCc2ccccc2O1. The summed E-state index contributed by atoms with van der Waals surface area (Å²) in [5.41, 5.74) is 1.15. The van der Waals surface area contributed by atoms with E-state index in [-0.39, 0.29) is 0 Å². The Bertz CT molecular complexity index is 263. The fraction of sp³-hybridized carbons (Fsp3) is 0.400. The van der Waals surface area contributed by atoms with E-state index in [0.717, 1.165) is 11.3 Å². The molecular weight excluding hydrogens is 183 g/mol. The van der Waals surface area contributed by atoms with Crippen molar-refractivity contribution in [3.05, 3.63) is 29.8 Å². The molecule has 2 rings (SSSR count). The Balaban J connectivity index is 0.000000396. The molecule has 2 nitrogen and oxygen atoms in total. The molecule has 0 N–H and O–H groups in total. The highest BCUT2D eigenvalue weighted by Crippen LogP contribution is 2.42. The molecule has 0 amide bonds. The van der Waals surface area contributed by atoms with Gasteiger partial charge < -0.3 is 9.05 Å². The number of hydrogen-bond donors (Lipinski definition) is 0. The minimum absolute atomic E-state index is 0.678. The van der Waals surface area contributed by atoms with Gasteiger partial charge in [0.1, 0.15) is 5.75 Å². The molecule has 1 aromatic rings. The van der Waals surface area contributed by atoms with Crippen molar-refractivity contribution in [3.63, 3.8) is 0 Å². The topological polar surface area (TPSA) is 18.5 Å². The second-order valence-corrected chi connectivity index (χ2v) is 3.73. The summed E-state index contributed by atoms with van der Waals surface area (Å²) in [5, 5.41) is 0. The second-order valence-electron chi connectivity index (χ2n) is 2.41. The number of para-hydroxylation sites is 1. The lowest BCUT2D eigenvalue weighted by molar-refractivity contribution is 0.281. The summed E-state index contributed by atoms with van der Waals surface area (Å²) in [6, 6.07) is 7.98. The number of fused-ring (bicyclic) bond motifs is 1. The Morgan fingerprint density at radius 3 is 2.69 bits per heavy atom. The predicted molar refractivity (Wildman–Crippen MR) is 56.1 cm³/mol. The third-order valence-corrected chi connectivity index (χ3v) is 2.55. The molecule has 1 unspecified atom stereocenters. The molecule has 0 aliphatic carbocycles. The standard InChI is InChI=1S/C8H9O2P.C2H6/c1-11-9-6-7-4-2-3-5-8(7)10-11;1-2/h2-5H,6H2,1H3;1-2H3. The molecule has 0 saturated carbocycles. The lowest BCUT2D eigenvalue weighted by Gasteiger charge is -2.21. The molecule has 72 valence electrons. The van der Waals surface area contributed by atoms with Crippen molar-refractivity contribution in [3.8, 4) is 5.75 Å². The molecule has 1 aliphatic rings. The first kappa shape index (κ1) is 10.5. The third-order valence-electron chi connectivity index (χ3n) is 1.60. The molecule has 1 atom stereocenters. The van der Waals surface area contributed by atoms with Gasteiger partial charge in [-0.05, 0) is 6.07 Å². The van der Waals surface area contributed by atoms with Crippen molar-refractivity contribution >= 4 is 8.38 Å². The summed E-state index contributed by atoms with van der Waals surface area (Å²) in [7, 11) is -0.678. The maximum absolute atomic E-state index is 5.47. The molecule has 0 aromatic heterocycles. The zero-order chi connectivity index (χ0) is 9.68. The Kier molecular flexibility index (Phi) is 4.20. The first-order valence-corrected chi connectivity index (χ1v) is 6.11. The van der Waals surface area contributed by atoms with Gasteiger partial charge in [-0.2, -0.15) is 0 Å². The Morgan fingerprint density at radius 2 is 1.92 bits per heavy atom. The van der Waals surface area contributed by atoms with E-state index in [9.17, 15) is 0 Å². The molecule has 3 heteroatoms. The van der Waals surface area contributed by atoms with E-state index in [4.69, 9.17) is 9.05 Å². The molecule has 0 spiro atoms. The van der Waals surface area contributed by atoms with Gasteiger partial charge in [0.25, 0.3) is 0 Å². The Morgan fingerprint density at radius 1 is 1.23 bits per heavy atom. The van der Waals surface area contributed by atoms with E-state index in [1.807, 2.05) is 44.8 Å². The van der Waals surface area contributed by atoms with Crippen LogP contribution in [0, 0.1) is 0 Å². The quantitative estimate of drug-likeness (QED) is 0.593. The fourth-order valence-corrected chi connectivity index (χ4v) is 1.87. The molecule has 0 radical (unpaired) electrons. The van der Waals surface area contributed by atoms with Crippen molar-refractivity contribution in [1.82, 2.24) is 0 Å². The highest BCUT2D eigenvalue weighted by molar-refractivity contribution is 7.46. The van der Waals surface area contributed by atoms with Crippen LogP contribution in [-0.2, 0) is 11.1 Å². The van der Waals surface area contributed by atoms with Gasteiger partial charge in [0, 0.05) is 12.2 Å². The summed E-state index contributed by atoms with van der Waals surface area (Å²) in [5.74, 6) is 0.979. The lowest BCUT2D eigenvalue weighted by atomic mass is 10.2. The zero-order valence-electron chi connectivity index (χ0n) is 8.28. The van der Waals surface area contributed by atoms with Crippen LogP contribution in [0.15, 0.2) is 24.3 Å². The van der Waals surface area contributed by atoms with Gasteiger partial charge in [0.05, 0.1) is 6.61 Å². The first-order chi connectivity index (χ1) is 6.36. The summed E-state index contributed by atoms with van der Waals surface area (Å²) < 4.78 is 10.8. The smallest absolute Gasteiger partial charge is 0.227 e. The number of hydrogen-bond acceptors (Lipinski definition) is 2. The van der Waals surface area contributed by atoms with Crippen molar-refractivity contribution in [2.24, 2.45) is 0 Å². The fourth-order valence-electron chi connectivity index (χ4n) is 1.04. The molecule has 1 heterocycles. The molecular formula is C10H15O2P. The average Bonchev–Trinajstić information content (AvgIpc) is 2.21. The van der Waals surface area contributed by atoms with Gasteiger partial charge in [-0.15, -0.1) is 0 Å². The lowest BCUT2D eigenvalue weighted by Crippen LogP contribution is -2.01. The summed E-state index contributed by atoms with van der Waals surface area (Å²) in [4.78, 5) is 0. The van der Waals surface area contributed by atoms with Crippen LogP contribution in [-0.4, -0.2) is 6.66 Å². The first-order valence-electron chi connectivity index (χ1n) is 4.49. The van der Waals surface area contributed by atoms with Gasteiger partial charge in [-0.1, -0.05) is 32.0 Å². The predicted octanol–water partition coefficient (Wildman–Crippen LogP) is 3.56.